The van der Waals surface area contributed by atoms with Gasteiger partial charge in [-0.25, -0.2) is 4.79 Å². The predicted molar refractivity (Wildman–Crippen MR) is 67.4 cm³/mol. The van der Waals surface area contributed by atoms with Crippen molar-refractivity contribution in [3.63, 3.8) is 0 Å². The normalized spacial score (nSPS) is 36.3. The standard InChI is InChI=1S/C15H18O3/c1-13(2)9-14(3)15(4,18-12(16)17-14)11-8-6-5-7-10(11)13/h5-8H,9H2,1-4H3/t14-,15+/m0/s1. The molecule has 1 aliphatic carbocycles. The van der Waals surface area contributed by atoms with E-state index in [1.165, 1.54) is 5.56 Å². The molecule has 3 rings (SSSR count). The number of rotatable bonds is 0. The van der Waals surface area contributed by atoms with Crippen molar-refractivity contribution in [3.05, 3.63) is 35.4 Å². The number of carbonyl (C=O) groups is 1. The maximum absolute atomic E-state index is 11.6. The van der Waals surface area contributed by atoms with Gasteiger partial charge in [-0.2, -0.15) is 0 Å². The van der Waals surface area contributed by atoms with E-state index in [0.717, 1.165) is 12.0 Å². The highest BCUT2D eigenvalue weighted by atomic mass is 16.8. The first-order valence-corrected chi connectivity index (χ1v) is 6.31. The second kappa shape index (κ2) is 3.08. The smallest absolute Gasteiger partial charge is 0.423 e. The first kappa shape index (κ1) is 11.6. The first-order chi connectivity index (χ1) is 8.29. The lowest BCUT2D eigenvalue weighted by Gasteiger charge is -2.48. The van der Waals surface area contributed by atoms with Crippen molar-refractivity contribution >= 4 is 6.16 Å². The molecule has 0 N–H and O–H groups in total. The SMILES string of the molecule is CC1(C)C[C@]2(C)OC(=O)O[C@]2(C)c2ccccc21. The molecule has 1 aromatic rings. The van der Waals surface area contributed by atoms with Crippen LogP contribution in [-0.2, 0) is 20.5 Å². The van der Waals surface area contributed by atoms with Crippen molar-refractivity contribution in [3.8, 4) is 0 Å². The molecule has 1 heterocycles. The fourth-order valence-electron chi connectivity index (χ4n) is 3.55. The van der Waals surface area contributed by atoms with Crippen LogP contribution in [0.3, 0.4) is 0 Å². The van der Waals surface area contributed by atoms with E-state index in [1.54, 1.807) is 0 Å². The first-order valence-electron chi connectivity index (χ1n) is 6.31. The fraction of sp³-hybridized carbons (Fsp3) is 0.533. The van der Waals surface area contributed by atoms with Crippen LogP contribution in [-0.4, -0.2) is 11.8 Å². The van der Waals surface area contributed by atoms with Crippen LogP contribution in [0, 0.1) is 0 Å². The van der Waals surface area contributed by atoms with Gasteiger partial charge in [0.15, 0.2) is 11.2 Å². The van der Waals surface area contributed by atoms with E-state index >= 15 is 0 Å². The maximum Gasteiger partial charge on any atom is 0.510 e. The third kappa shape index (κ3) is 1.22. The van der Waals surface area contributed by atoms with Crippen LogP contribution in [0.25, 0.3) is 0 Å². The average Bonchev–Trinajstić information content (AvgIpc) is 2.48. The van der Waals surface area contributed by atoms with Crippen LogP contribution in [0.1, 0.15) is 45.2 Å². The van der Waals surface area contributed by atoms with E-state index in [9.17, 15) is 4.79 Å². The van der Waals surface area contributed by atoms with Crippen molar-refractivity contribution in [1.82, 2.24) is 0 Å². The maximum atomic E-state index is 11.6. The molecule has 0 unspecified atom stereocenters. The van der Waals surface area contributed by atoms with Crippen molar-refractivity contribution in [2.24, 2.45) is 0 Å². The van der Waals surface area contributed by atoms with Crippen LogP contribution >= 0.6 is 0 Å². The quantitative estimate of drug-likeness (QED) is 0.657. The van der Waals surface area contributed by atoms with Crippen molar-refractivity contribution in [1.29, 1.82) is 0 Å². The van der Waals surface area contributed by atoms with Crippen LogP contribution in [0.15, 0.2) is 24.3 Å². The zero-order valence-electron chi connectivity index (χ0n) is 11.2. The molecule has 96 valence electrons. The van der Waals surface area contributed by atoms with Gasteiger partial charge in [0.1, 0.15) is 0 Å². The molecular weight excluding hydrogens is 228 g/mol. The minimum atomic E-state index is -0.684. The van der Waals surface area contributed by atoms with E-state index in [4.69, 9.17) is 9.47 Å². The Hall–Kier alpha value is -1.51. The molecular formula is C15H18O3. The highest BCUT2D eigenvalue weighted by molar-refractivity contribution is 5.66. The Balaban J connectivity index is 2.29. The molecule has 3 heteroatoms. The molecule has 2 aliphatic rings. The lowest BCUT2D eigenvalue weighted by molar-refractivity contribution is -0.0582. The number of hydrogen-bond donors (Lipinski definition) is 0. The van der Waals surface area contributed by atoms with Gasteiger partial charge in [0.25, 0.3) is 0 Å². The summed E-state index contributed by atoms with van der Waals surface area (Å²) in [5.41, 5.74) is 0.995. The molecule has 1 aromatic carbocycles. The minimum absolute atomic E-state index is 0.0289. The molecule has 0 bridgehead atoms. The number of hydrogen-bond acceptors (Lipinski definition) is 3. The van der Waals surface area contributed by atoms with Crippen molar-refractivity contribution < 1.29 is 14.3 Å². The Kier molecular flexibility index (Phi) is 1.98. The number of carbonyl (C=O) groups excluding carboxylic acids is 1. The fourth-order valence-corrected chi connectivity index (χ4v) is 3.55. The monoisotopic (exact) mass is 246 g/mol. The molecule has 2 atom stereocenters. The molecule has 18 heavy (non-hydrogen) atoms. The van der Waals surface area contributed by atoms with Gasteiger partial charge in [-0.1, -0.05) is 38.1 Å². The average molecular weight is 246 g/mol. The van der Waals surface area contributed by atoms with E-state index in [2.05, 4.69) is 19.9 Å². The zero-order chi connectivity index (χ0) is 13.2. The summed E-state index contributed by atoms with van der Waals surface area (Å²) in [6.45, 7) is 8.28. The third-order valence-corrected chi connectivity index (χ3v) is 4.55. The van der Waals surface area contributed by atoms with E-state index in [1.807, 2.05) is 32.0 Å². The number of fused-ring (bicyclic) bond motifs is 3. The van der Waals surface area contributed by atoms with Gasteiger partial charge in [0.05, 0.1) is 0 Å². The number of ether oxygens (including phenoxy) is 2. The summed E-state index contributed by atoms with van der Waals surface area (Å²) in [5.74, 6) is 0. The van der Waals surface area contributed by atoms with Crippen molar-refractivity contribution in [2.75, 3.05) is 0 Å². The summed E-state index contributed by atoms with van der Waals surface area (Å²) >= 11 is 0. The topological polar surface area (TPSA) is 35.5 Å². The van der Waals surface area contributed by atoms with E-state index < -0.39 is 17.4 Å². The van der Waals surface area contributed by atoms with Crippen LogP contribution < -0.4 is 0 Å². The summed E-state index contributed by atoms with van der Waals surface area (Å²) in [6, 6.07) is 8.17. The highest BCUT2D eigenvalue weighted by Crippen LogP contribution is 2.56. The summed E-state index contributed by atoms with van der Waals surface area (Å²) in [7, 11) is 0. The van der Waals surface area contributed by atoms with Gasteiger partial charge in [-0.3, -0.25) is 0 Å². The Morgan fingerprint density at radius 3 is 2.28 bits per heavy atom. The van der Waals surface area contributed by atoms with Crippen LogP contribution in [0.5, 0.6) is 0 Å². The Morgan fingerprint density at radius 1 is 1.00 bits per heavy atom. The molecule has 0 amide bonds. The largest absolute Gasteiger partial charge is 0.510 e. The summed E-state index contributed by atoms with van der Waals surface area (Å²) in [6.07, 6.45) is 0.201. The van der Waals surface area contributed by atoms with Gasteiger partial charge >= 0.3 is 6.16 Å². The van der Waals surface area contributed by atoms with Crippen LogP contribution in [0.4, 0.5) is 4.79 Å². The van der Waals surface area contributed by atoms with Gasteiger partial charge in [-0.15, -0.1) is 0 Å². The second-order valence-corrected chi connectivity index (χ2v) is 6.32. The Labute approximate surface area is 107 Å². The van der Waals surface area contributed by atoms with E-state index in [-0.39, 0.29) is 5.41 Å². The summed E-state index contributed by atoms with van der Waals surface area (Å²) in [4.78, 5) is 11.6. The molecule has 1 saturated heterocycles. The lowest BCUT2D eigenvalue weighted by atomic mass is 9.60. The summed E-state index contributed by atoms with van der Waals surface area (Å²) < 4.78 is 11.0. The lowest BCUT2D eigenvalue weighted by Crippen LogP contribution is -2.53. The third-order valence-electron chi connectivity index (χ3n) is 4.55. The highest BCUT2D eigenvalue weighted by Gasteiger charge is 2.63. The predicted octanol–water partition coefficient (Wildman–Crippen LogP) is 3.51. The Morgan fingerprint density at radius 2 is 1.61 bits per heavy atom. The van der Waals surface area contributed by atoms with E-state index in [0.29, 0.717) is 0 Å². The van der Waals surface area contributed by atoms with Gasteiger partial charge in [0.2, 0.25) is 0 Å². The second-order valence-electron chi connectivity index (χ2n) is 6.32. The van der Waals surface area contributed by atoms with Crippen LogP contribution in [0.2, 0.25) is 0 Å². The molecule has 0 aromatic heterocycles. The molecule has 0 saturated carbocycles. The number of benzene rings is 1. The van der Waals surface area contributed by atoms with Crippen molar-refractivity contribution in [2.45, 2.75) is 50.7 Å². The van der Waals surface area contributed by atoms with Gasteiger partial charge < -0.3 is 9.47 Å². The molecule has 1 fully saturated rings. The molecule has 0 radical (unpaired) electrons. The molecule has 0 spiro atoms. The Bertz CT molecular complexity index is 534. The van der Waals surface area contributed by atoms with Gasteiger partial charge in [0, 0.05) is 12.0 Å². The van der Waals surface area contributed by atoms with Gasteiger partial charge in [-0.05, 0) is 24.8 Å². The zero-order valence-corrected chi connectivity index (χ0v) is 11.2. The molecule has 3 nitrogen and oxygen atoms in total. The minimum Gasteiger partial charge on any atom is -0.423 e. The molecule has 1 aliphatic heterocycles. The summed E-state index contributed by atoms with van der Waals surface area (Å²) in [5, 5.41) is 0.